The predicted molar refractivity (Wildman–Crippen MR) is 100 cm³/mol. The molecule has 0 fully saturated rings. The van der Waals surface area contributed by atoms with Crippen LogP contribution in [-0.2, 0) is 6.54 Å². The Morgan fingerprint density at radius 2 is 1.83 bits per heavy atom. The Labute approximate surface area is 147 Å². The SMILES string of the molecule is CCOc1c(CNc2cccc3ccccc23)cc(Cl)cc1OC. The van der Waals surface area contributed by atoms with Crippen molar-refractivity contribution in [3.63, 3.8) is 0 Å². The first-order valence-electron chi connectivity index (χ1n) is 7.93. The third-order valence-corrected chi connectivity index (χ3v) is 4.08. The molecule has 124 valence electrons. The van der Waals surface area contributed by atoms with E-state index in [4.69, 9.17) is 21.1 Å². The first-order chi connectivity index (χ1) is 11.7. The quantitative estimate of drug-likeness (QED) is 0.641. The summed E-state index contributed by atoms with van der Waals surface area (Å²) >= 11 is 6.21. The Hall–Kier alpha value is -2.39. The highest BCUT2D eigenvalue weighted by Crippen LogP contribution is 2.35. The van der Waals surface area contributed by atoms with E-state index in [1.165, 1.54) is 10.8 Å². The number of rotatable bonds is 6. The number of fused-ring (bicyclic) bond motifs is 1. The number of hydrogen-bond donors (Lipinski definition) is 1. The standard InChI is InChI=1S/C20H20ClNO2/c1-3-24-20-15(11-16(21)12-19(20)23-2)13-22-18-10-6-8-14-7-4-5-9-17(14)18/h4-12,22H,3,13H2,1-2H3. The van der Waals surface area contributed by atoms with Crippen LogP contribution in [0.4, 0.5) is 5.69 Å². The van der Waals surface area contributed by atoms with Crippen LogP contribution >= 0.6 is 11.6 Å². The second-order valence-corrected chi connectivity index (χ2v) is 5.85. The van der Waals surface area contributed by atoms with E-state index < -0.39 is 0 Å². The summed E-state index contributed by atoms with van der Waals surface area (Å²) in [5.74, 6) is 1.39. The minimum absolute atomic E-state index is 0.569. The molecule has 3 rings (SSSR count). The summed E-state index contributed by atoms with van der Waals surface area (Å²) < 4.78 is 11.2. The molecule has 3 aromatic carbocycles. The van der Waals surface area contributed by atoms with Crippen LogP contribution in [0.15, 0.2) is 54.6 Å². The van der Waals surface area contributed by atoms with Gasteiger partial charge in [-0.15, -0.1) is 0 Å². The van der Waals surface area contributed by atoms with Crippen LogP contribution < -0.4 is 14.8 Å². The maximum Gasteiger partial charge on any atom is 0.166 e. The van der Waals surface area contributed by atoms with Crippen molar-refractivity contribution in [2.24, 2.45) is 0 Å². The molecule has 1 N–H and O–H groups in total. The molecular weight excluding hydrogens is 322 g/mol. The van der Waals surface area contributed by atoms with Crippen LogP contribution in [0, 0.1) is 0 Å². The van der Waals surface area contributed by atoms with Gasteiger partial charge in [0, 0.05) is 34.3 Å². The van der Waals surface area contributed by atoms with Crippen molar-refractivity contribution in [1.29, 1.82) is 0 Å². The molecule has 0 spiro atoms. The molecule has 0 unspecified atom stereocenters. The van der Waals surface area contributed by atoms with E-state index in [2.05, 4.69) is 29.6 Å². The number of hydrogen-bond acceptors (Lipinski definition) is 3. The van der Waals surface area contributed by atoms with Crippen molar-refractivity contribution in [1.82, 2.24) is 0 Å². The molecule has 0 aliphatic heterocycles. The average molecular weight is 342 g/mol. The summed E-state index contributed by atoms with van der Waals surface area (Å²) in [6.07, 6.45) is 0. The lowest BCUT2D eigenvalue weighted by Crippen LogP contribution is -2.05. The molecule has 24 heavy (non-hydrogen) atoms. The van der Waals surface area contributed by atoms with Gasteiger partial charge in [0.25, 0.3) is 0 Å². The Balaban J connectivity index is 1.92. The molecule has 0 saturated heterocycles. The third-order valence-electron chi connectivity index (χ3n) is 3.86. The molecule has 0 saturated carbocycles. The summed E-state index contributed by atoms with van der Waals surface area (Å²) in [6.45, 7) is 3.12. The highest BCUT2D eigenvalue weighted by atomic mass is 35.5. The molecular formula is C20H20ClNO2. The van der Waals surface area contributed by atoms with Crippen LogP contribution in [-0.4, -0.2) is 13.7 Å². The Bertz CT molecular complexity index is 843. The monoisotopic (exact) mass is 341 g/mol. The molecule has 0 amide bonds. The second-order valence-electron chi connectivity index (χ2n) is 5.41. The van der Waals surface area contributed by atoms with Crippen LogP contribution in [0.2, 0.25) is 5.02 Å². The fourth-order valence-electron chi connectivity index (χ4n) is 2.78. The minimum atomic E-state index is 0.569. The Morgan fingerprint density at radius 1 is 1.04 bits per heavy atom. The second kappa shape index (κ2) is 7.45. The van der Waals surface area contributed by atoms with Gasteiger partial charge in [-0.25, -0.2) is 0 Å². The maximum atomic E-state index is 6.21. The maximum absolute atomic E-state index is 6.21. The zero-order chi connectivity index (χ0) is 16.9. The minimum Gasteiger partial charge on any atom is -0.493 e. The zero-order valence-corrected chi connectivity index (χ0v) is 14.6. The van der Waals surface area contributed by atoms with Crippen molar-refractivity contribution >= 4 is 28.1 Å². The normalized spacial score (nSPS) is 10.6. The smallest absolute Gasteiger partial charge is 0.166 e. The van der Waals surface area contributed by atoms with E-state index in [0.717, 1.165) is 17.0 Å². The summed E-state index contributed by atoms with van der Waals surface area (Å²) in [7, 11) is 1.62. The lowest BCUT2D eigenvalue weighted by molar-refractivity contribution is 0.308. The van der Waals surface area contributed by atoms with Gasteiger partial charge in [0.05, 0.1) is 13.7 Å². The van der Waals surface area contributed by atoms with Crippen LogP contribution in [0.25, 0.3) is 10.8 Å². The molecule has 3 aromatic rings. The van der Waals surface area contributed by atoms with Crippen molar-refractivity contribution in [2.45, 2.75) is 13.5 Å². The lowest BCUT2D eigenvalue weighted by atomic mass is 10.1. The molecule has 0 atom stereocenters. The van der Waals surface area contributed by atoms with Gasteiger partial charge in [0.15, 0.2) is 11.5 Å². The Morgan fingerprint density at radius 3 is 2.62 bits per heavy atom. The van der Waals surface area contributed by atoms with Crippen LogP contribution in [0.5, 0.6) is 11.5 Å². The number of anilines is 1. The van der Waals surface area contributed by atoms with Crippen molar-refractivity contribution in [2.75, 3.05) is 19.0 Å². The van der Waals surface area contributed by atoms with Gasteiger partial charge in [-0.1, -0.05) is 48.0 Å². The van der Waals surface area contributed by atoms with E-state index in [1.54, 1.807) is 13.2 Å². The third kappa shape index (κ3) is 3.41. The van der Waals surface area contributed by atoms with E-state index in [1.807, 2.05) is 31.2 Å². The lowest BCUT2D eigenvalue weighted by Gasteiger charge is -2.16. The fraction of sp³-hybridized carbons (Fsp3) is 0.200. The summed E-state index contributed by atoms with van der Waals surface area (Å²) in [5, 5.41) is 6.51. The van der Waals surface area contributed by atoms with E-state index in [0.29, 0.717) is 23.9 Å². The van der Waals surface area contributed by atoms with Gasteiger partial charge in [-0.2, -0.15) is 0 Å². The first kappa shape index (κ1) is 16.5. The largest absolute Gasteiger partial charge is 0.493 e. The van der Waals surface area contributed by atoms with Crippen molar-refractivity contribution < 1.29 is 9.47 Å². The van der Waals surface area contributed by atoms with Gasteiger partial charge in [0.1, 0.15) is 0 Å². The first-order valence-corrected chi connectivity index (χ1v) is 8.31. The van der Waals surface area contributed by atoms with E-state index >= 15 is 0 Å². The van der Waals surface area contributed by atoms with E-state index in [-0.39, 0.29) is 0 Å². The average Bonchev–Trinajstić information content (AvgIpc) is 2.61. The number of ether oxygens (including phenoxy) is 2. The van der Waals surface area contributed by atoms with Gasteiger partial charge >= 0.3 is 0 Å². The van der Waals surface area contributed by atoms with E-state index in [9.17, 15) is 0 Å². The number of halogens is 1. The van der Waals surface area contributed by atoms with Gasteiger partial charge in [-0.3, -0.25) is 0 Å². The molecule has 0 aromatic heterocycles. The topological polar surface area (TPSA) is 30.5 Å². The predicted octanol–water partition coefficient (Wildman–Crippen LogP) is 5.51. The molecule has 0 aliphatic carbocycles. The molecule has 3 nitrogen and oxygen atoms in total. The molecule has 0 heterocycles. The van der Waals surface area contributed by atoms with Crippen LogP contribution in [0.1, 0.15) is 12.5 Å². The van der Waals surface area contributed by atoms with Gasteiger partial charge < -0.3 is 14.8 Å². The number of benzene rings is 3. The van der Waals surface area contributed by atoms with Gasteiger partial charge in [-0.05, 0) is 24.4 Å². The molecule has 4 heteroatoms. The summed E-state index contributed by atoms with van der Waals surface area (Å²) in [4.78, 5) is 0. The highest BCUT2D eigenvalue weighted by Gasteiger charge is 2.13. The fourth-order valence-corrected chi connectivity index (χ4v) is 3.01. The van der Waals surface area contributed by atoms with Gasteiger partial charge in [0.2, 0.25) is 0 Å². The van der Waals surface area contributed by atoms with Crippen molar-refractivity contribution in [3.8, 4) is 11.5 Å². The van der Waals surface area contributed by atoms with Crippen LogP contribution in [0.3, 0.4) is 0 Å². The number of nitrogens with one attached hydrogen (secondary N) is 1. The summed E-state index contributed by atoms with van der Waals surface area (Å²) in [6, 6.07) is 18.2. The van der Waals surface area contributed by atoms with Crippen molar-refractivity contribution in [3.05, 3.63) is 65.2 Å². The molecule has 0 aliphatic rings. The molecule has 0 bridgehead atoms. The molecule has 0 radical (unpaired) electrons. The summed E-state index contributed by atoms with van der Waals surface area (Å²) in [5.41, 5.74) is 2.05. The zero-order valence-electron chi connectivity index (χ0n) is 13.8. The Kier molecular flexibility index (Phi) is 5.11. The highest BCUT2D eigenvalue weighted by molar-refractivity contribution is 6.30. The number of methoxy groups -OCH3 is 1.